The Bertz CT molecular complexity index is 861. The van der Waals surface area contributed by atoms with Crippen LogP contribution in [0.5, 0.6) is 0 Å². The molecule has 7 heteroatoms. The number of halogens is 1. The van der Waals surface area contributed by atoms with Crippen LogP contribution in [0.4, 0.5) is 5.69 Å². The van der Waals surface area contributed by atoms with Crippen molar-refractivity contribution < 1.29 is 9.45 Å². The maximum absolute atomic E-state index is 10.9. The summed E-state index contributed by atoms with van der Waals surface area (Å²) < 4.78 is 5.19. The summed E-state index contributed by atoms with van der Waals surface area (Å²) in [6.07, 6.45) is 0. The predicted octanol–water partition coefficient (Wildman–Crippen LogP) is 4.27. The van der Waals surface area contributed by atoms with Gasteiger partial charge in [0.25, 0.3) is 11.6 Å². The van der Waals surface area contributed by atoms with Crippen molar-refractivity contribution in [2.75, 3.05) is 0 Å². The number of aromatic nitrogens is 2. The van der Waals surface area contributed by atoms with Gasteiger partial charge in [-0.2, -0.15) is 4.98 Å². The Balaban J connectivity index is 2.01. The molecule has 0 aliphatic rings. The van der Waals surface area contributed by atoms with E-state index in [4.69, 9.17) is 16.1 Å². The smallest absolute Gasteiger partial charge is 0.288 e. The molecule has 0 unspecified atom stereocenters. The third kappa shape index (κ3) is 2.68. The van der Waals surface area contributed by atoms with Crippen molar-refractivity contribution in [1.82, 2.24) is 10.1 Å². The molecular weight excluding hydrogens is 306 g/mol. The Morgan fingerprint density at radius 2 is 2.00 bits per heavy atom. The molecule has 0 spiro atoms. The molecule has 1 heterocycles. The number of rotatable bonds is 3. The van der Waals surface area contributed by atoms with Gasteiger partial charge in [0.2, 0.25) is 5.82 Å². The first-order valence-electron chi connectivity index (χ1n) is 6.39. The highest BCUT2D eigenvalue weighted by Gasteiger charge is 2.17. The summed E-state index contributed by atoms with van der Waals surface area (Å²) in [5.74, 6) is 0.632. The first-order valence-corrected chi connectivity index (χ1v) is 6.77. The van der Waals surface area contributed by atoms with Gasteiger partial charge < -0.3 is 4.52 Å². The van der Waals surface area contributed by atoms with Crippen molar-refractivity contribution in [3.8, 4) is 22.8 Å². The number of benzene rings is 2. The molecule has 6 nitrogen and oxygen atoms in total. The number of nitrogens with zero attached hydrogens (tertiary/aromatic N) is 3. The SMILES string of the molecule is Cc1cccc(-c2noc(-c3ccc(Cl)c([N+](=O)[O-])c3)n2)c1. The van der Waals surface area contributed by atoms with Crippen molar-refractivity contribution in [2.45, 2.75) is 6.92 Å². The molecule has 2 aromatic carbocycles. The molecule has 0 atom stereocenters. The Hall–Kier alpha value is -2.73. The van der Waals surface area contributed by atoms with Crippen LogP contribution >= 0.6 is 11.6 Å². The molecule has 22 heavy (non-hydrogen) atoms. The van der Waals surface area contributed by atoms with Gasteiger partial charge in [-0.05, 0) is 25.1 Å². The lowest BCUT2D eigenvalue weighted by molar-refractivity contribution is -0.384. The van der Waals surface area contributed by atoms with E-state index in [1.807, 2.05) is 31.2 Å². The van der Waals surface area contributed by atoms with Gasteiger partial charge in [0, 0.05) is 17.2 Å². The molecule has 0 aliphatic carbocycles. The summed E-state index contributed by atoms with van der Waals surface area (Å²) in [6.45, 7) is 1.97. The van der Waals surface area contributed by atoms with Crippen LogP contribution in [0.15, 0.2) is 47.0 Å². The van der Waals surface area contributed by atoms with Crippen molar-refractivity contribution in [2.24, 2.45) is 0 Å². The molecular formula is C15H10ClN3O3. The number of nitro groups is 1. The second-order valence-corrected chi connectivity index (χ2v) is 5.12. The lowest BCUT2D eigenvalue weighted by Crippen LogP contribution is -1.90. The minimum absolute atomic E-state index is 0.0622. The third-order valence-electron chi connectivity index (χ3n) is 3.09. The summed E-state index contributed by atoms with van der Waals surface area (Å²) in [6, 6.07) is 12.0. The van der Waals surface area contributed by atoms with E-state index in [-0.39, 0.29) is 16.6 Å². The first kappa shape index (κ1) is 14.2. The standard InChI is InChI=1S/C15H10ClN3O3/c1-9-3-2-4-10(7-9)14-17-15(22-18-14)11-5-6-12(16)13(8-11)19(20)21/h2-8H,1H3. The van der Waals surface area contributed by atoms with Crippen LogP contribution in [0, 0.1) is 17.0 Å². The van der Waals surface area contributed by atoms with Gasteiger partial charge in [0.15, 0.2) is 0 Å². The van der Waals surface area contributed by atoms with Gasteiger partial charge in [0.05, 0.1) is 4.92 Å². The summed E-state index contributed by atoms with van der Waals surface area (Å²) >= 11 is 5.79. The number of nitro benzene ring substituents is 1. The molecule has 0 fully saturated rings. The first-order chi connectivity index (χ1) is 10.5. The van der Waals surface area contributed by atoms with Gasteiger partial charge in [-0.25, -0.2) is 0 Å². The largest absolute Gasteiger partial charge is 0.334 e. The van der Waals surface area contributed by atoms with E-state index in [9.17, 15) is 10.1 Å². The minimum atomic E-state index is -0.552. The van der Waals surface area contributed by atoms with E-state index in [1.54, 1.807) is 6.07 Å². The minimum Gasteiger partial charge on any atom is -0.334 e. The molecule has 0 N–H and O–H groups in total. The fraction of sp³-hybridized carbons (Fsp3) is 0.0667. The summed E-state index contributed by atoms with van der Waals surface area (Å²) in [7, 11) is 0. The van der Waals surface area contributed by atoms with Gasteiger partial charge in [-0.15, -0.1) is 0 Å². The van der Waals surface area contributed by atoms with E-state index in [2.05, 4.69) is 10.1 Å². The molecule has 0 saturated carbocycles. The second-order valence-electron chi connectivity index (χ2n) is 4.72. The zero-order valence-electron chi connectivity index (χ0n) is 11.5. The molecule has 0 amide bonds. The van der Waals surface area contributed by atoms with Gasteiger partial charge in [0.1, 0.15) is 5.02 Å². The lowest BCUT2D eigenvalue weighted by Gasteiger charge is -1.97. The highest BCUT2D eigenvalue weighted by molar-refractivity contribution is 6.32. The molecule has 0 bridgehead atoms. The van der Waals surface area contributed by atoms with E-state index in [0.717, 1.165) is 11.1 Å². The third-order valence-corrected chi connectivity index (χ3v) is 3.41. The van der Waals surface area contributed by atoms with Gasteiger partial charge in [-0.1, -0.05) is 40.5 Å². The zero-order valence-corrected chi connectivity index (χ0v) is 12.2. The van der Waals surface area contributed by atoms with Crippen LogP contribution in [0.1, 0.15) is 5.56 Å². The highest BCUT2D eigenvalue weighted by atomic mass is 35.5. The quantitative estimate of drug-likeness (QED) is 0.532. The van der Waals surface area contributed by atoms with Crippen LogP contribution in [-0.4, -0.2) is 15.1 Å². The Morgan fingerprint density at radius 1 is 1.18 bits per heavy atom. The van der Waals surface area contributed by atoms with E-state index < -0.39 is 4.92 Å². The van der Waals surface area contributed by atoms with Crippen LogP contribution in [0.3, 0.4) is 0 Å². The molecule has 3 aromatic rings. The van der Waals surface area contributed by atoms with Crippen molar-refractivity contribution in [3.63, 3.8) is 0 Å². The maximum Gasteiger partial charge on any atom is 0.288 e. The average Bonchev–Trinajstić information content (AvgIpc) is 2.97. The average molecular weight is 316 g/mol. The topological polar surface area (TPSA) is 82.1 Å². The molecule has 0 saturated heterocycles. The molecule has 1 aromatic heterocycles. The van der Waals surface area contributed by atoms with Crippen LogP contribution < -0.4 is 0 Å². The second kappa shape index (κ2) is 5.57. The van der Waals surface area contributed by atoms with Gasteiger partial charge >= 0.3 is 0 Å². The Kier molecular flexibility index (Phi) is 3.60. The summed E-state index contributed by atoms with van der Waals surface area (Å²) in [5, 5.41) is 14.9. The van der Waals surface area contributed by atoms with Crippen LogP contribution in [0.25, 0.3) is 22.8 Å². The van der Waals surface area contributed by atoms with Crippen LogP contribution in [0.2, 0.25) is 5.02 Å². The normalized spacial score (nSPS) is 10.6. The maximum atomic E-state index is 10.9. The van der Waals surface area contributed by atoms with Crippen molar-refractivity contribution >= 4 is 17.3 Å². The van der Waals surface area contributed by atoms with Crippen molar-refractivity contribution in [1.29, 1.82) is 0 Å². The Morgan fingerprint density at radius 3 is 2.73 bits per heavy atom. The van der Waals surface area contributed by atoms with Crippen molar-refractivity contribution in [3.05, 3.63) is 63.2 Å². The lowest BCUT2D eigenvalue weighted by atomic mass is 10.1. The highest BCUT2D eigenvalue weighted by Crippen LogP contribution is 2.30. The van der Waals surface area contributed by atoms with Gasteiger partial charge in [-0.3, -0.25) is 10.1 Å². The molecule has 0 aliphatic heterocycles. The van der Waals surface area contributed by atoms with E-state index >= 15 is 0 Å². The number of aryl methyl sites for hydroxylation is 1. The van der Waals surface area contributed by atoms with E-state index in [0.29, 0.717) is 11.4 Å². The number of hydrogen-bond donors (Lipinski definition) is 0. The Labute approximate surface area is 130 Å². The summed E-state index contributed by atoms with van der Waals surface area (Å²) in [5.41, 5.74) is 2.14. The zero-order chi connectivity index (χ0) is 15.7. The van der Waals surface area contributed by atoms with E-state index in [1.165, 1.54) is 12.1 Å². The van der Waals surface area contributed by atoms with Crippen LogP contribution in [-0.2, 0) is 0 Å². The molecule has 3 rings (SSSR count). The fourth-order valence-corrected chi connectivity index (χ4v) is 2.21. The number of hydrogen-bond acceptors (Lipinski definition) is 5. The molecule has 0 radical (unpaired) electrons. The summed E-state index contributed by atoms with van der Waals surface area (Å²) in [4.78, 5) is 14.7. The molecule has 110 valence electrons. The fourth-order valence-electron chi connectivity index (χ4n) is 2.03. The predicted molar refractivity (Wildman–Crippen MR) is 81.6 cm³/mol. The monoisotopic (exact) mass is 315 g/mol.